The Morgan fingerprint density at radius 1 is 0.833 bits per heavy atom. The Labute approximate surface area is 208 Å². The zero-order valence-electron chi connectivity index (χ0n) is 19.5. The summed E-state index contributed by atoms with van der Waals surface area (Å²) in [6, 6.07) is 32.0. The van der Waals surface area contributed by atoms with Gasteiger partial charge in [0, 0.05) is 5.39 Å². The molecular formula is C29H23N3O4. The number of carbonyl (C=O) groups is 2. The molecule has 5 rings (SSSR count). The van der Waals surface area contributed by atoms with E-state index < -0.39 is 35.5 Å². The van der Waals surface area contributed by atoms with Gasteiger partial charge < -0.3 is 10.3 Å². The number of benzene rings is 4. The van der Waals surface area contributed by atoms with Crippen molar-refractivity contribution in [3.05, 3.63) is 120 Å². The third-order valence-corrected chi connectivity index (χ3v) is 6.43. The predicted octanol–water partition coefficient (Wildman–Crippen LogP) is 5.10. The number of hydrogen-bond donors (Lipinski definition) is 0. The fourth-order valence-electron chi connectivity index (χ4n) is 4.80. The number of nitrogens with zero attached hydrogens (tertiary/aromatic N) is 3. The molecule has 0 unspecified atom stereocenters. The maximum atomic E-state index is 13.9. The fraction of sp³-hybridized carbons (Fsp3) is 0.138. The van der Waals surface area contributed by atoms with Crippen molar-refractivity contribution < 1.29 is 24.0 Å². The van der Waals surface area contributed by atoms with Crippen LogP contribution in [0.25, 0.3) is 16.3 Å². The van der Waals surface area contributed by atoms with Gasteiger partial charge in [0.25, 0.3) is 5.78 Å². The number of fused-ring (bicyclic) bond motifs is 1. The van der Waals surface area contributed by atoms with Crippen molar-refractivity contribution in [3.63, 3.8) is 0 Å². The first-order valence-corrected chi connectivity index (χ1v) is 11.5. The molecule has 0 spiro atoms. The second-order valence-corrected chi connectivity index (χ2v) is 8.45. The highest BCUT2D eigenvalue weighted by molar-refractivity contribution is 6.62. The first-order valence-electron chi connectivity index (χ1n) is 11.5. The number of ether oxygens (including phenoxy) is 1. The van der Waals surface area contributed by atoms with Gasteiger partial charge in [0.1, 0.15) is 6.10 Å². The number of hydrogen-bond acceptors (Lipinski definition) is 5. The van der Waals surface area contributed by atoms with Crippen LogP contribution < -0.4 is 5.06 Å². The second kappa shape index (κ2) is 9.96. The summed E-state index contributed by atoms with van der Waals surface area (Å²) in [5.41, 5.74) is 11.3. The molecule has 0 amide bonds. The molecule has 178 valence electrons. The van der Waals surface area contributed by atoms with Crippen molar-refractivity contribution in [2.45, 2.75) is 12.1 Å². The normalized spacial score (nSPS) is 19.0. The highest BCUT2D eigenvalue weighted by Crippen LogP contribution is 2.50. The van der Waals surface area contributed by atoms with E-state index in [1.165, 1.54) is 0 Å². The summed E-state index contributed by atoms with van der Waals surface area (Å²) in [5, 5.41) is 3.71. The third kappa shape index (κ3) is 4.07. The molecule has 0 N–H and O–H groups in total. The zero-order chi connectivity index (χ0) is 25.1. The van der Waals surface area contributed by atoms with Crippen LogP contribution in [0.4, 0.5) is 5.69 Å². The molecule has 7 nitrogen and oxygen atoms in total. The van der Waals surface area contributed by atoms with E-state index >= 15 is 0 Å². The molecule has 0 radical (unpaired) electrons. The van der Waals surface area contributed by atoms with E-state index in [1.807, 2.05) is 103 Å². The minimum atomic E-state index is -1.01. The number of methoxy groups -OCH3 is 1. The van der Waals surface area contributed by atoms with Crippen molar-refractivity contribution in [2.75, 3.05) is 12.2 Å². The summed E-state index contributed by atoms with van der Waals surface area (Å²) >= 11 is 0. The van der Waals surface area contributed by atoms with Crippen molar-refractivity contribution in [1.29, 1.82) is 0 Å². The van der Waals surface area contributed by atoms with Crippen LogP contribution in [0.3, 0.4) is 0 Å². The van der Waals surface area contributed by atoms with E-state index in [9.17, 15) is 15.1 Å². The molecular weight excluding hydrogens is 454 g/mol. The lowest BCUT2D eigenvalue weighted by molar-refractivity contribution is -0.140. The number of anilines is 1. The molecule has 0 bridgehead atoms. The quantitative estimate of drug-likeness (QED) is 0.127. The van der Waals surface area contributed by atoms with Crippen molar-refractivity contribution in [3.8, 4) is 0 Å². The summed E-state index contributed by atoms with van der Waals surface area (Å²) < 4.78 is 4.73. The van der Waals surface area contributed by atoms with Crippen LogP contribution in [0.1, 0.15) is 23.3 Å². The van der Waals surface area contributed by atoms with Gasteiger partial charge in [0.05, 0.1) is 24.8 Å². The standard InChI is InChI=1S/C29H23N3O4/c1-35-29(34)25(31-30)27(33)24-26(20-12-4-2-5-13-20)32(36-28(24)21-14-6-3-7-15-21)23-18-10-16-19-11-8-9-17-22(19)23/h2-18,24,26,28H,1H3/t24-,26+,28-/m1/s1. The molecule has 1 saturated heterocycles. The van der Waals surface area contributed by atoms with Gasteiger partial charge in [-0.15, -0.1) is 0 Å². The van der Waals surface area contributed by atoms with Crippen LogP contribution in [0.15, 0.2) is 103 Å². The third-order valence-electron chi connectivity index (χ3n) is 6.43. The van der Waals surface area contributed by atoms with Crippen LogP contribution in [0.2, 0.25) is 0 Å². The van der Waals surface area contributed by atoms with Gasteiger partial charge in [-0.2, -0.15) is 4.79 Å². The zero-order valence-corrected chi connectivity index (χ0v) is 19.5. The summed E-state index contributed by atoms with van der Waals surface area (Å²) in [6.07, 6.45) is -0.760. The summed E-state index contributed by atoms with van der Waals surface area (Å²) in [4.78, 5) is 35.9. The second-order valence-electron chi connectivity index (χ2n) is 8.45. The number of rotatable bonds is 6. The van der Waals surface area contributed by atoms with Gasteiger partial charge in [0.15, 0.2) is 0 Å². The van der Waals surface area contributed by atoms with Crippen LogP contribution in [-0.4, -0.2) is 29.4 Å². The van der Waals surface area contributed by atoms with E-state index in [0.29, 0.717) is 0 Å². The number of esters is 1. The Morgan fingerprint density at radius 3 is 2.11 bits per heavy atom. The SMILES string of the molecule is COC(=O)C(=[N+]=[N-])C(=O)[C@@H]1[C@@H](c2ccccc2)ON(c2cccc3ccccc23)[C@H]1c1ccccc1. The van der Waals surface area contributed by atoms with Gasteiger partial charge in [-0.1, -0.05) is 97.1 Å². The molecule has 1 fully saturated rings. The maximum absolute atomic E-state index is 13.9. The number of Topliss-reactive ketones (excluding diaryl/α,β-unsaturated/α-hetero) is 1. The van der Waals surface area contributed by atoms with Crippen LogP contribution >= 0.6 is 0 Å². The van der Waals surface area contributed by atoms with Gasteiger partial charge in [-0.3, -0.25) is 9.63 Å². The number of carbonyl (C=O) groups excluding carboxylic acids is 2. The first-order chi connectivity index (χ1) is 17.6. The lowest BCUT2D eigenvalue weighted by atomic mass is 9.81. The van der Waals surface area contributed by atoms with Crippen molar-refractivity contribution in [2.24, 2.45) is 5.92 Å². The highest BCUT2D eigenvalue weighted by atomic mass is 16.7. The van der Waals surface area contributed by atoms with Gasteiger partial charge in [0.2, 0.25) is 0 Å². The minimum absolute atomic E-state index is 0.629. The van der Waals surface area contributed by atoms with Crippen LogP contribution in [0, 0.1) is 5.92 Å². The summed E-state index contributed by atoms with van der Waals surface area (Å²) in [7, 11) is 1.14. The molecule has 0 aromatic heterocycles. The Kier molecular flexibility index (Phi) is 6.41. The Morgan fingerprint density at radius 2 is 1.44 bits per heavy atom. The fourth-order valence-corrected chi connectivity index (χ4v) is 4.80. The van der Waals surface area contributed by atoms with Crippen LogP contribution in [0.5, 0.6) is 0 Å². The molecule has 3 atom stereocenters. The van der Waals surface area contributed by atoms with Gasteiger partial charge >= 0.3 is 11.7 Å². The largest absolute Gasteiger partial charge is 0.460 e. The molecule has 4 aromatic rings. The van der Waals surface area contributed by atoms with Crippen molar-refractivity contribution in [1.82, 2.24) is 0 Å². The lowest BCUT2D eigenvalue weighted by Crippen LogP contribution is -2.37. The molecule has 7 heteroatoms. The van der Waals surface area contributed by atoms with Gasteiger partial charge in [-0.05, 0) is 22.6 Å². The number of ketones is 1. The molecule has 0 saturated carbocycles. The van der Waals surface area contributed by atoms with E-state index in [2.05, 4.69) is 4.79 Å². The molecule has 4 aromatic carbocycles. The smallest absolute Gasteiger partial charge is 0.441 e. The lowest BCUT2D eigenvalue weighted by Gasteiger charge is -2.27. The highest BCUT2D eigenvalue weighted by Gasteiger charge is 2.53. The monoisotopic (exact) mass is 477 g/mol. The Balaban J connectivity index is 1.74. The average molecular weight is 478 g/mol. The number of hydroxylamine groups is 1. The molecule has 36 heavy (non-hydrogen) atoms. The van der Waals surface area contributed by atoms with E-state index in [0.717, 1.165) is 34.7 Å². The summed E-state index contributed by atoms with van der Waals surface area (Å²) in [5.74, 6) is -2.60. The Bertz CT molecular complexity index is 1460. The van der Waals surface area contributed by atoms with E-state index in [-0.39, 0.29) is 0 Å². The predicted molar refractivity (Wildman–Crippen MR) is 135 cm³/mol. The van der Waals surface area contributed by atoms with Gasteiger partial charge in [-0.25, -0.2) is 9.86 Å². The van der Waals surface area contributed by atoms with Crippen LogP contribution in [-0.2, 0) is 19.2 Å². The molecule has 1 aliphatic rings. The minimum Gasteiger partial charge on any atom is -0.460 e. The average Bonchev–Trinajstić information content (AvgIpc) is 3.34. The van der Waals surface area contributed by atoms with E-state index in [4.69, 9.17) is 9.57 Å². The Hall–Kier alpha value is -4.58. The van der Waals surface area contributed by atoms with Crippen molar-refractivity contribution >= 4 is 33.9 Å². The topological polar surface area (TPSA) is 92.2 Å². The molecule has 0 aliphatic carbocycles. The molecule has 1 aliphatic heterocycles. The summed E-state index contributed by atoms with van der Waals surface area (Å²) in [6.45, 7) is 0. The van der Waals surface area contributed by atoms with E-state index in [1.54, 1.807) is 5.06 Å². The first kappa shape index (κ1) is 23.2. The maximum Gasteiger partial charge on any atom is 0.441 e. The molecule has 1 heterocycles.